The lowest BCUT2D eigenvalue weighted by atomic mass is 10.3. The van der Waals surface area contributed by atoms with Crippen LogP contribution in [0, 0.1) is 11.8 Å². The van der Waals surface area contributed by atoms with Crippen molar-refractivity contribution in [2.45, 2.75) is 37.1 Å². The van der Waals surface area contributed by atoms with E-state index in [1.54, 1.807) is 0 Å². The van der Waals surface area contributed by atoms with Crippen molar-refractivity contribution in [2.24, 2.45) is 0 Å². The van der Waals surface area contributed by atoms with E-state index in [0.29, 0.717) is 18.5 Å². The highest BCUT2D eigenvalue weighted by atomic mass is 32.2. The maximum absolute atomic E-state index is 12.5. The van der Waals surface area contributed by atoms with E-state index in [9.17, 15) is 8.42 Å². The van der Waals surface area contributed by atoms with Crippen molar-refractivity contribution in [1.82, 2.24) is 9.29 Å². The van der Waals surface area contributed by atoms with Gasteiger partial charge in [0.15, 0.2) is 0 Å². The third-order valence-corrected chi connectivity index (χ3v) is 5.05. The van der Waals surface area contributed by atoms with Gasteiger partial charge in [-0.05, 0) is 18.9 Å². The second-order valence-electron chi connectivity index (χ2n) is 4.62. The molecule has 0 unspecified atom stereocenters. The predicted molar refractivity (Wildman–Crippen MR) is 75.4 cm³/mol. The molecule has 0 aromatic carbocycles. The topological polar surface area (TPSA) is 70.5 Å². The van der Waals surface area contributed by atoms with Crippen molar-refractivity contribution in [2.75, 3.05) is 13.2 Å². The average Bonchev–Trinajstić information content (AvgIpc) is 3.25. The quantitative estimate of drug-likeness (QED) is 0.822. The summed E-state index contributed by atoms with van der Waals surface area (Å²) in [6.07, 6.45) is 5.10. The Kier molecular flexibility index (Phi) is 4.76. The third kappa shape index (κ3) is 3.37. The van der Waals surface area contributed by atoms with E-state index in [2.05, 4.69) is 16.8 Å². The van der Waals surface area contributed by atoms with E-state index < -0.39 is 10.0 Å². The summed E-state index contributed by atoms with van der Waals surface area (Å²) in [5, 5.41) is 8.68. The fourth-order valence-corrected chi connectivity index (χ4v) is 3.66. The molecular weight excluding hydrogens is 276 g/mol. The lowest BCUT2D eigenvalue weighted by Crippen LogP contribution is -2.33. The van der Waals surface area contributed by atoms with E-state index in [1.807, 2.05) is 6.92 Å². The summed E-state index contributed by atoms with van der Waals surface area (Å²) in [6, 6.07) is 1.67. The summed E-state index contributed by atoms with van der Waals surface area (Å²) in [5.41, 5.74) is 0.548. The minimum absolute atomic E-state index is 0.0102. The van der Waals surface area contributed by atoms with Crippen LogP contribution in [0.2, 0.25) is 0 Å². The highest BCUT2D eigenvalue weighted by molar-refractivity contribution is 7.89. The second kappa shape index (κ2) is 6.35. The number of sulfonamides is 1. The number of nitrogens with zero attached hydrogens (tertiary/aromatic N) is 2. The van der Waals surface area contributed by atoms with Crippen LogP contribution in [0.1, 0.15) is 31.7 Å². The zero-order valence-corrected chi connectivity index (χ0v) is 12.2. The van der Waals surface area contributed by atoms with Gasteiger partial charge in [0.1, 0.15) is 4.90 Å². The van der Waals surface area contributed by atoms with Crippen molar-refractivity contribution in [3.63, 3.8) is 0 Å². The maximum atomic E-state index is 12.5. The monoisotopic (exact) mass is 294 g/mol. The van der Waals surface area contributed by atoms with Crippen molar-refractivity contribution >= 4 is 10.0 Å². The van der Waals surface area contributed by atoms with Crippen LogP contribution in [-0.2, 0) is 10.0 Å². The second-order valence-corrected chi connectivity index (χ2v) is 6.51. The molecule has 1 aliphatic rings. The Bertz CT molecular complexity index is 627. The van der Waals surface area contributed by atoms with Gasteiger partial charge in [0, 0.05) is 37.0 Å². The summed E-state index contributed by atoms with van der Waals surface area (Å²) in [7, 11) is -3.49. The van der Waals surface area contributed by atoms with Gasteiger partial charge in [-0.15, -0.1) is 0 Å². The van der Waals surface area contributed by atoms with Crippen LogP contribution in [0.4, 0.5) is 0 Å². The summed E-state index contributed by atoms with van der Waals surface area (Å²) in [6.45, 7) is 2.30. The van der Waals surface area contributed by atoms with E-state index in [-0.39, 0.29) is 17.5 Å². The molecule has 1 saturated carbocycles. The highest BCUT2D eigenvalue weighted by Crippen LogP contribution is 2.31. The van der Waals surface area contributed by atoms with Gasteiger partial charge in [-0.3, -0.25) is 4.98 Å². The Balaban J connectivity index is 2.28. The number of aliphatic hydroxyl groups is 1. The molecule has 0 saturated heterocycles. The first-order valence-electron chi connectivity index (χ1n) is 6.66. The number of aliphatic hydroxyl groups excluding tert-OH is 1. The highest BCUT2D eigenvalue weighted by Gasteiger charge is 2.37. The number of hydrogen-bond donors (Lipinski definition) is 1. The van der Waals surface area contributed by atoms with Gasteiger partial charge < -0.3 is 5.11 Å². The molecule has 1 heterocycles. The number of rotatable bonds is 5. The zero-order valence-electron chi connectivity index (χ0n) is 11.4. The first kappa shape index (κ1) is 15.0. The van der Waals surface area contributed by atoms with Gasteiger partial charge in [0.05, 0.1) is 6.61 Å². The molecule has 1 aromatic rings. The molecule has 6 heteroatoms. The van der Waals surface area contributed by atoms with E-state index >= 15 is 0 Å². The molecular formula is C14H18N2O3S. The van der Waals surface area contributed by atoms with E-state index in [4.69, 9.17) is 5.11 Å². The molecule has 20 heavy (non-hydrogen) atoms. The molecule has 0 aliphatic heterocycles. The molecule has 1 fully saturated rings. The maximum Gasteiger partial charge on any atom is 0.244 e. The summed E-state index contributed by atoms with van der Waals surface area (Å²) in [4.78, 5) is 4.14. The van der Waals surface area contributed by atoms with Gasteiger partial charge in [-0.2, -0.15) is 4.31 Å². The largest absolute Gasteiger partial charge is 0.395 e. The molecule has 0 radical (unpaired) electrons. The van der Waals surface area contributed by atoms with Crippen LogP contribution in [-0.4, -0.2) is 42.0 Å². The van der Waals surface area contributed by atoms with Crippen molar-refractivity contribution in [3.05, 3.63) is 24.0 Å². The Morgan fingerprint density at radius 1 is 1.45 bits per heavy atom. The average molecular weight is 294 g/mol. The third-order valence-electron chi connectivity index (χ3n) is 3.06. The van der Waals surface area contributed by atoms with Crippen LogP contribution in [0.15, 0.2) is 23.4 Å². The van der Waals surface area contributed by atoms with Crippen molar-refractivity contribution in [1.29, 1.82) is 0 Å². The minimum atomic E-state index is -3.49. The number of hydrogen-bond acceptors (Lipinski definition) is 4. The number of aromatic nitrogens is 1. The SMILES string of the molecule is CCN(C1CC1)S(=O)(=O)c1cncc(C#CCCO)c1. The standard InChI is InChI=1S/C14H18N2O3S/c1-2-16(13-6-7-13)20(18,19)14-9-12(10-15-11-14)5-3-4-8-17/h9-11,13,17H,2,4,6-8H2,1H3. The Morgan fingerprint density at radius 3 is 2.80 bits per heavy atom. The first-order chi connectivity index (χ1) is 9.59. The lowest BCUT2D eigenvalue weighted by Gasteiger charge is -2.19. The Labute approximate surface area is 119 Å². The molecule has 2 rings (SSSR count). The molecule has 0 amide bonds. The van der Waals surface area contributed by atoms with Gasteiger partial charge in [0.2, 0.25) is 10.0 Å². The van der Waals surface area contributed by atoms with Crippen molar-refractivity contribution < 1.29 is 13.5 Å². The van der Waals surface area contributed by atoms with Crippen LogP contribution in [0.5, 0.6) is 0 Å². The fraction of sp³-hybridized carbons (Fsp3) is 0.500. The minimum Gasteiger partial charge on any atom is -0.395 e. The van der Waals surface area contributed by atoms with Crippen LogP contribution < -0.4 is 0 Å². The van der Waals surface area contributed by atoms with Gasteiger partial charge >= 0.3 is 0 Å². The van der Waals surface area contributed by atoms with Crippen LogP contribution >= 0.6 is 0 Å². The molecule has 5 nitrogen and oxygen atoms in total. The molecule has 1 aromatic heterocycles. The van der Waals surface area contributed by atoms with Gasteiger partial charge in [-0.1, -0.05) is 18.8 Å². The first-order valence-corrected chi connectivity index (χ1v) is 8.10. The summed E-state index contributed by atoms with van der Waals surface area (Å²) < 4.78 is 26.6. The normalized spacial score (nSPS) is 14.9. The Hall–Kier alpha value is -1.42. The molecule has 108 valence electrons. The van der Waals surface area contributed by atoms with Crippen molar-refractivity contribution in [3.8, 4) is 11.8 Å². The molecule has 0 spiro atoms. The van der Waals surface area contributed by atoms with Crippen LogP contribution in [0.25, 0.3) is 0 Å². The number of pyridine rings is 1. The molecule has 1 N–H and O–H groups in total. The summed E-state index contributed by atoms with van der Waals surface area (Å²) in [5.74, 6) is 5.56. The smallest absolute Gasteiger partial charge is 0.244 e. The Morgan fingerprint density at radius 2 is 2.20 bits per heavy atom. The molecule has 0 bridgehead atoms. The van der Waals surface area contributed by atoms with Gasteiger partial charge in [0.25, 0.3) is 0 Å². The zero-order chi connectivity index (χ0) is 14.6. The molecule has 0 atom stereocenters. The summed E-state index contributed by atoms with van der Waals surface area (Å²) >= 11 is 0. The van der Waals surface area contributed by atoms with E-state index in [0.717, 1.165) is 12.8 Å². The van der Waals surface area contributed by atoms with Gasteiger partial charge in [-0.25, -0.2) is 8.42 Å². The lowest BCUT2D eigenvalue weighted by molar-refractivity contribution is 0.305. The predicted octanol–water partition coefficient (Wildman–Crippen LogP) is 0.989. The van der Waals surface area contributed by atoms with Crippen LogP contribution in [0.3, 0.4) is 0 Å². The van der Waals surface area contributed by atoms with E-state index in [1.165, 1.54) is 22.8 Å². The fourth-order valence-electron chi connectivity index (χ4n) is 1.97. The molecule has 1 aliphatic carbocycles.